The van der Waals surface area contributed by atoms with Gasteiger partial charge in [-0.25, -0.2) is 0 Å². The minimum absolute atomic E-state index is 0.165. The molecule has 0 nitrogen and oxygen atoms in total. The predicted octanol–water partition coefficient (Wildman–Crippen LogP) is 6.77. The van der Waals surface area contributed by atoms with Crippen molar-refractivity contribution in [1.82, 2.24) is 0 Å². The maximum absolute atomic E-state index is 2.38. The normalized spacial score (nSPS) is 12.7. The van der Waals surface area contributed by atoms with Gasteiger partial charge < -0.3 is 0 Å². The topological polar surface area (TPSA) is 0 Å². The summed E-state index contributed by atoms with van der Waals surface area (Å²) in [5.74, 6) is 0.566. The van der Waals surface area contributed by atoms with Crippen LogP contribution in [0, 0.1) is 0 Å². The van der Waals surface area contributed by atoms with Crippen LogP contribution in [0.5, 0.6) is 0 Å². The molecule has 0 saturated heterocycles. The maximum atomic E-state index is 2.38. The molecule has 0 aliphatic rings. The summed E-state index contributed by atoms with van der Waals surface area (Å²) < 4.78 is 0. The summed E-state index contributed by atoms with van der Waals surface area (Å²) in [6.45, 7) is 4.75. The van der Waals surface area contributed by atoms with Crippen LogP contribution in [0.3, 0.4) is 0 Å². The molecule has 0 heterocycles. The molecule has 3 aromatic carbocycles. The molecule has 0 N–H and O–H groups in total. The van der Waals surface area contributed by atoms with Crippen LogP contribution in [-0.4, -0.2) is 0 Å². The number of rotatable bonds is 7. The fourth-order valence-electron chi connectivity index (χ4n) is 3.72. The molecule has 0 fully saturated rings. The zero-order valence-electron chi connectivity index (χ0n) is 15.4. The van der Waals surface area contributed by atoms with Crippen LogP contribution in [0.2, 0.25) is 0 Å². The first kappa shape index (κ1) is 17.5. The molecule has 3 aromatic rings. The van der Waals surface area contributed by atoms with Gasteiger partial charge in [0.25, 0.3) is 0 Å². The molecule has 0 saturated carbocycles. The van der Waals surface area contributed by atoms with Crippen LogP contribution in [0.15, 0.2) is 91.0 Å². The van der Waals surface area contributed by atoms with E-state index in [2.05, 4.69) is 105 Å². The van der Waals surface area contributed by atoms with Crippen LogP contribution in [0.1, 0.15) is 49.3 Å². The Bertz CT molecular complexity index is 742. The van der Waals surface area contributed by atoms with Crippen LogP contribution >= 0.6 is 0 Å². The van der Waals surface area contributed by atoms with Crippen LogP contribution in [0.25, 0.3) is 0 Å². The van der Waals surface area contributed by atoms with Gasteiger partial charge in [0.05, 0.1) is 0 Å². The lowest BCUT2D eigenvalue weighted by molar-refractivity contribution is 0.409. The van der Waals surface area contributed by atoms with E-state index in [9.17, 15) is 0 Å². The van der Waals surface area contributed by atoms with Gasteiger partial charge in [0.15, 0.2) is 0 Å². The highest BCUT2D eigenvalue weighted by atomic mass is 14.3. The predicted molar refractivity (Wildman–Crippen MR) is 108 cm³/mol. The van der Waals surface area contributed by atoms with Crippen LogP contribution < -0.4 is 0 Å². The highest BCUT2D eigenvalue weighted by molar-refractivity contribution is 5.27. The van der Waals surface area contributed by atoms with E-state index in [-0.39, 0.29) is 5.41 Å². The lowest BCUT2D eigenvalue weighted by Crippen LogP contribution is -2.21. The van der Waals surface area contributed by atoms with Crippen molar-refractivity contribution in [3.63, 3.8) is 0 Å². The zero-order chi connectivity index (χ0) is 17.5. The molecule has 0 aliphatic carbocycles. The Labute approximate surface area is 152 Å². The third-order valence-corrected chi connectivity index (χ3v) is 5.21. The number of benzene rings is 3. The first-order valence-corrected chi connectivity index (χ1v) is 9.29. The molecule has 0 bridgehead atoms. The molecule has 0 heteroatoms. The molecule has 0 unspecified atom stereocenters. The molecule has 0 aliphatic heterocycles. The second-order valence-electron chi connectivity index (χ2n) is 7.59. The highest BCUT2D eigenvalue weighted by Gasteiger charge is 2.26. The summed E-state index contributed by atoms with van der Waals surface area (Å²) in [5, 5.41) is 0. The van der Waals surface area contributed by atoms with Crippen molar-refractivity contribution in [3.05, 3.63) is 108 Å². The van der Waals surface area contributed by atoms with E-state index in [0.717, 1.165) is 12.8 Å². The smallest absolute Gasteiger partial charge is 0.00977 e. The van der Waals surface area contributed by atoms with Gasteiger partial charge in [-0.15, -0.1) is 0 Å². The van der Waals surface area contributed by atoms with Crippen molar-refractivity contribution in [2.45, 2.75) is 44.4 Å². The lowest BCUT2D eigenvalue weighted by atomic mass is 9.74. The van der Waals surface area contributed by atoms with Gasteiger partial charge in [-0.05, 0) is 47.3 Å². The highest BCUT2D eigenvalue weighted by Crippen LogP contribution is 2.37. The molecule has 128 valence electrons. The van der Waals surface area contributed by atoms with Gasteiger partial charge in [-0.2, -0.15) is 0 Å². The van der Waals surface area contributed by atoms with Gasteiger partial charge in [0.2, 0.25) is 0 Å². The zero-order valence-corrected chi connectivity index (χ0v) is 15.4. The Hall–Kier alpha value is -2.34. The van der Waals surface area contributed by atoms with Crippen LogP contribution in [-0.2, 0) is 11.8 Å². The van der Waals surface area contributed by atoms with E-state index in [1.807, 2.05) is 0 Å². The Morgan fingerprint density at radius 3 is 1.80 bits per heavy atom. The van der Waals surface area contributed by atoms with Crippen molar-refractivity contribution < 1.29 is 0 Å². The summed E-state index contributed by atoms with van der Waals surface area (Å²) in [7, 11) is 0. The average molecular weight is 328 g/mol. The van der Waals surface area contributed by atoms with Crippen LogP contribution in [0.4, 0.5) is 0 Å². The van der Waals surface area contributed by atoms with E-state index >= 15 is 0 Å². The number of hydrogen-bond donors (Lipinski definition) is 0. The third-order valence-electron chi connectivity index (χ3n) is 5.21. The number of aryl methyl sites for hydroxylation is 1. The molecular weight excluding hydrogens is 300 g/mol. The fraction of sp³-hybridized carbons (Fsp3) is 0.280. The SMILES string of the molecule is CC(C)(C[C@@H](CCc1ccccc1)c1ccccc1)c1ccccc1. The monoisotopic (exact) mass is 328 g/mol. The van der Waals surface area contributed by atoms with Crippen molar-refractivity contribution in [2.75, 3.05) is 0 Å². The Kier molecular flexibility index (Phi) is 5.71. The van der Waals surface area contributed by atoms with Crippen molar-refractivity contribution in [3.8, 4) is 0 Å². The standard InChI is InChI=1S/C25H28/c1-25(2,24-16-10-5-11-17-24)20-23(22-14-8-4-9-15-22)19-18-21-12-6-3-7-13-21/h3-17,23H,18-20H2,1-2H3/t23-/m1/s1. The summed E-state index contributed by atoms with van der Waals surface area (Å²) >= 11 is 0. The minimum Gasteiger partial charge on any atom is -0.0622 e. The summed E-state index contributed by atoms with van der Waals surface area (Å²) in [5.41, 5.74) is 4.48. The van der Waals surface area contributed by atoms with Gasteiger partial charge in [0.1, 0.15) is 0 Å². The lowest BCUT2D eigenvalue weighted by Gasteiger charge is -2.31. The summed E-state index contributed by atoms with van der Waals surface area (Å²) in [6, 6.07) is 32.8. The molecule has 0 aromatic heterocycles. The van der Waals surface area contributed by atoms with E-state index in [4.69, 9.17) is 0 Å². The van der Waals surface area contributed by atoms with Gasteiger partial charge in [-0.1, -0.05) is 105 Å². The largest absolute Gasteiger partial charge is 0.0622 e. The molecule has 25 heavy (non-hydrogen) atoms. The quantitative estimate of drug-likeness (QED) is 0.449. The van der Waals surface area contributed by atoms with Gasteiger partial charge in [-0.3, -0.25) is 0 Å². The summed E-state index contributed by atoms with van der Waals surface area (Å²) in [6.07, 6.45) is 3.48. The Balaban J connectivity index is 1.79. The Morgan fingerprint density at radius 2 is 1.20 bits per heavy atom. The molecule has 1 atom stereocenters. The minimum atomic E-state index is 0.165. The molecular formula is C25H28. The Morgan fingerprint density at radius 1 is 0.680 bits per heavy atom. The van der Waals surface area contributed by atoms with Crippen molar-refractivity contribution in [2.24, 2.45) is 0 Å². The fourth-order valence-corrected chi connectivity index (χ4v) is 3.72. The van der Waals surface area contributed by atoms with Crippen molar-refractivity contribution >= 4 is 0 Å². The average Bonchev–Trinajstić information content (AvgIpc) is 2.67. The van der Waals surface area contributed by atoms with Crippen molar-refractivity contribution in [1.29, 1.82) is 0 Å². The molecule has 0 amide bonds. The van der Waals surface area contributed by atoms with E-state index in [1.54, 1.807) is 0 Å². The molecule has 0 radical (unpaired) electrons. The maximum Gasteiger partial charge on any atom is -0.00977 e. The van der Waals surface area contributed by atoms with E-state index in [1.165, 1.54) is 23.1 Å². The first-order valence-electron chi connectivity index (χ1n) is 9.29. The van der Waals surface area contributed by atoms with Gasteiger partial charge >= 0.3 is 0 Å². The molecule has 3 rings (SSSR count). The molecule has 0 spiro atoms. The second kappa shape index (κ2) is 8.16. The number of hydrogen-bond acceptors (Lipinski definition) is 0. The first-order chi connectivity index (χ1) is 12.1. The third kappa shape index (κ3) is 4.82. The summed E-state index contributed by atoms with van der Waals surface area (Å²) in [4.78, 5) is 0. The van der Waals surface area contributed by atoms with Gasteiger partial charge in [0, 0.05) is 0 Å². The second-order valence-corrected chi connectivity index (χ2v) is 7.59. The van der Waals surface area contributed by atoms with E-state index < -0.39 is 0 Å². The van der Waals surface area contributed by atoms with E-state index in [0.29, 0.717) is 5.92 Å².